The summed E-state index contributed by atoms with van der Waals surface area (Å²) in [5, 5.41) is 0.609. The zero-order valence-corrected chi connectivity index (χ0v) is 15.9. The number of nitrogens with one attached hydrogen (secondary N) is 1. The molecule has 7 heteroatoms. The minimum absolute atomic E-state index is 0.0598. The number of sulfonamides is 1. The lowest BCUT2D eigenvalue weighted by molar-refractivity contribution is -0.119. The number of amides is 1. The number of rotatable bonds is 4. The van der Waals surface area contributed by atoms with Crippen LogP contribution in [0, 0.1) is 0 Å². The molecule has 0 aromatic heterocycles. The minimum atomic E-state index is -3.67. The highest BCUT2D eigenvalue weighted by Crippen LogP contribution is 2.43. The van der Waals surface area contributed by atoms with E-state index in [1.165, 1.54) is 0 Å². The van der Waals surface area contributed by atoms with Gasteiger partial charge in [0.05, 0.1) is 16.5 Å². The molecule has 0 fully saturated rings. The molecule has 2 aromatic carbocycles. The van der Waals surface area contributed by atoms with Crippen LogP contribution in [0.25, 0.3) is 0 Å². The third-order valence-electron chi connectivity index (χ3n) is 5.08. The molecule has 5 nitrogen and oxygen atoms in total. The zero-order chi connectivity index (χ0) is 18.5. The summed E-state index contributed by atoms with van der Waals surface area (Å²) >= 11 is 5.86. The molecule has 0 bridgehead atoms. The summed E-state index contributed by atoms with van der Waals surface area (Å²) in [6.45, 7) is 2.74. The van der Waals surface area contributed by atoms with E-state index in [1.807, 2.05) is 6.92 Å². The third kappa shape index (κ3) is 2.92. The molecule has 4 rings (SSSR count). The van der Waals surface area contributed by atoms with Crippen molar-refractivity contribution in [3.8, 4) is 0 Å². The smallest absolute Gasteiger partial charge is 0.240 e. The molecule has 0 spiro atoms. The first-order valence-corrected chi connectivity index (χ1v) is 10.5. The Hall–Kier alpha value is -1.89. The van der Waals surface area contributed by atoms with Crippen molar-refractivity contribution in [3.05, 3.63) is 58.1 Å². The lowest BCUT2D eigenvalue weighted by Crippen LogP contribution is -2.32. The molecular weight excluding hydrogens is 372 g/mol. The van der Waals surface area contributed by atoms with E-state index in [2.05, 4.69) is 4.72 Å². The molecule has 2 heterocycles. The SMILES string of the molecule is C[C@H]1C(=O)N2CCCc3cc(S(=O)(=O)NCc4ccc(Cl)cc4)cc1c32. The average molecular weight is 391 g/mol. The quantitative estimate of drug-likeness (QED) is 0.871. The van der Waals surface area contributed by atoms with Crippen molar-refractivity contribution >= 4 is 33.2 Å². The average Bonchev–Trinajstić information content (AvgIpc) is 2.88. The Labute approximate surface area is 158 Å². The van der Waals surface area contributed by atoms with Crippen molar-refractivity contribution in [3.63, 3.8) is 0 Å². The molecule has 0 aliphatic carbocycles. The molecule has 2 aromatic rings. The maximum Gasteiger partial charge on any atom is 0.240 e. The lowest BCUT2D eigenvalue weighted by Gasteiger charge is -2.26. The van der Waals surface area contributed by atoms with Crippen LogP contribution in [-0.4, -0.2) is 20.9 Å². The molecule has 1 amide bonds. The van der Waals surface area contributed by atoms with Crippen LogP contribution in [0.2, 0.25) is 5.02 Å². The van der Waals surface area contributed by atoms with Crippen molar-refractivity contribution < 1.29 is 13.2 Å². The van der Waals surface area contributed by atoms with Crippen molar-refractivity contribution in [1.29, 1.82) is 0 Å². The molecule has 136 valence electrons. The van der Waals surface area contributed by atoms with Crippen LogP contribution < -0.4 is 9.62 Å². The van der Waals surface area contributed by atoms with E-state index >= 15 is 0 Å². The number of carbonyl (C=O) groups excluding carboxylic acids is 1. The molecule has 2 aliphatic rings. The van der Waals surface area contributed by atoms with Gasteiger partial charge in [-0.2, -0.15) is 0 Å². The highest BCUT2D eigenvalue weighted by molar-refractivity contribution is 7.89. The van der Waals surface area contributed by atoms with Crippen LogP contribution in [0.1, 0.15) is 36.0 Å². The predicted octanol–water partition coefficient (Wildman–Crippen LogP) is 3.21. The normalized spacial score (nSPS) is 18.9. The van der Waals surface area contributed by atoms with Gasteiger partial charge in [-0.05, 0) is 60.7 Å². The number of carbonyl (C=O) groups is 1. The molecule has 1 N–H and O–H groups in total. The Bertz CT molecular complexity index is 987. The van der Waals surface area contributed by atoms with E-state index < -0.39 is 10.0 Å². The van der Waals surface area contributed by atoms with Gasteiger partial charge in [0.2, 0.25) is 15.9 Å². The Balaban J connectivity index is 1.65. The Morgan fingerprint density at radius 3 is 2.69 bits per heavy atom. The molecular formula is C19H19ClN2O3S. The summed E-state index contributed by atoms with van der Waals surface area (Å²) in [5.74, 6) is -0.238. The van der Waals surface area contributed by atoms with Gasteiger partial charge in [-0.1, -0.05) is 23.7 Å². The van der Waals surface area contributed by atoms with Gasteiger partial charge >= 0.3 is 0 Å². The molecule has 0 unspecified atom stereocenters. The highest BCUT2D eigenvalue weighted by Gasteiger charge is 2.38. The van der Waals surface area contributed by atoms with E-state index in [9.17, 15) is 13.2 Å². The topological polar surface area (TPSA) is 66.5 Å². The van der Waals surface area contributed by atoms with Crippen LogP contribution in [0.4, 0.5) is 5.69 Å². The minimum Gasteiger partial charge on any atom is -0.311 e. The van der Waals surface area contributed by atoms with Gasteiger partial charge in [0.15, 0.2) is 0 Å². The molecule has 0 radical (unpaired) electrons. The van der Waals surface area contributed by atoms with Crippen LogP contribution >= 0.6 is 11.6 Å². The van der Waals surface area contributed by atoms with E-state index in [0.29, 0.717) is 11.6 Å². The summed E-state index contributed by atoms with van der Waals surface area (Å²) in [6, 6.07) is 10.4. The monoisotopic (exact) mass is 390 g/mol. The predicted molar refractivity (Wildman–Crippen MR) is 101 cm³/mol. The maximum atomic E-state index is 12.8. The number of anilines is 1. The molecule has 0 saturated heterocycles. The number of hydrogen-bond acceptors (Lipinski definition) is 3. The highest BCUT2D eigenvalue weighted by atomic mass is 35.5. The maximum absolute atomic E-state index is 12.8. The number of halogens is 1. The summed E-state index contributed by atoms with van der Waals surface area (Å²) in [7, 11) is -3.67. The van der Waals surface area contributed by atoms with Crippen LogP contribution in [-0.2, 0) is 27.8 Å². The summed E-state index contributed by atoms with van der Waals surface area (Å²) in [4.78, 5) is 14.5. The van der Waals surface area contributed by atoms with E-state index in [4.69, 9.17) is 11.6 Å². The largest absolute Gasteiger partial charge is 0.311 e. The van der Waals surface area contributed by atoms with Gasteiger partial charge in [-0.25, -0.2) is 13.1 Å². The van der Waals surface area contributed by atoms with Crippen LogP contribution in [0.15, 0.2) is 41.3 Å². The van der Waals surface area contributed by atoms with Gasteiger partial charge in [0.1, 0.15) is 0 Å². The van der Waals surface area contributed by atoms with Crippen molar-refractivity contribution in [2.24, 2.45) is 0 Å². The fraction of sp³-hybridized carbons (Fsp3) is 0.316. The van der Waals surface area contributed by atoms with Crippen LogP contribution in [0.3, 0.4) is 0 Å². The second-order valence-corrected chi connectivity index (χ2v) is 8.99. The van der Waals surface area contributed by atoms with Crippen molar-refractivity contribution in [1.82, 2.24) is 4.72 Å². The summed E-state index contributed by atoms with van der Waals surface area (Å²) < 4.78 is 28.2. The molecule has 2 aliphatic heterocycles. The Kier molecular flexibility index (Phi) is 4.29. The fourth-order valence-corrected chi connectivity index (χ4v) is 4.91. The third-order valence-corrected chi connectivity index (χ3v) is 6.72. The van der Waals surface area contributed by atoms with Gasteiger partial charge in [0.25, 0.3) is 0 Å². The first kappa shape index (κ1) is 17.5. The number of nitrogens with zero attached hydrogens (tertiary/aromatic N) is 1. The number of aryl methyl sites for hydroxylation is 1. The second-order valence-electron chi connectivity index (χ2n) is 6.79. The molecule has 1 atom stereocenters. The Morgan fingerprint density at radius 1 is 1.23 bits per heavy atom. The molecule has 26 heavy (non-hydrogen) atoms. The van der Waals surface area contributed by atoms with E-state index in [1.54, 1.807) is 41.3 Å². The van der Waals surface area contributed by atoms with E-state index in [-0.39, 0.29) is 23.3 Å². The Morgan fingerprint density at radius 2 is 1.96 bits per heavy atom. The fourth-order valence-electron chi connectivity index (χ4n) is 3.68. The van der Waals surface area contributed by atoms with Gasteiger partial charge < -0.3 is 4.90 Å². The lowest BCUT2D eigenvalue weighted by atomic mass is 9.97. The van der Waals surface area contributed by atoms with Gasteiger partial charge in [-0.15, -0.1) is 0 Å². The van der Waals surface area contributed by atoms with Gasteiger partial charge in [-0.3, -0.25) is 4.79 Å². The molecule has 0 saturated carbocycles. The number of hydrogen-bond donors (Lipinski definition) is 1. The summed E-state index contributed by atoms with van der Waals surface area (Å²) in [6.07, 6.45) is 1.64. The summed E-state index contributed by atoms with van der Waals surface area (Å²) in [5.41, 5.74) is 3.51. The second kappa shape index (κ2) is 6.37. The first-order chi connectivity index (χ1) is 12.4. The van der Waals surface area contributed by atoms with Crippen molar-refractivity contribution in [2.75, 3.05) is 11.4 Å². The standard InChI is InChI=1S/C19H19ClN2O3S/c1-12-17-10-16(9-14-3-2-8-22(18(14)17)19(12)23)26(24,25)21-11-13-4-6-15(20)7-5-13/h4-7,9-10,12,21H,2-3,8,11H2,1H3/t12-/m1/s1. The zero-order valence-electron chi connectivity index (χ0n) is 14.3. The first-order valence-electron chi connectivity index (χ1n) is 8.59. The van der Waals surface area contributed by atoms with Crippen molar-refractivity contribution in [2.45, 2.75) is 37.1 Å². The van der Waals surface area contributed by atoms with Gasteiger partial charge in [0, 0.05) is 18.1 Å². The number of benzene rings is 2. The van der Waals surface area contributed by atoms with Crippen LogP contribution in [0.5, 0.6) is 0 Å². The van der Waals surface area contributed by atoms with E-state index in [0.717, 1.165) is 35.2 Å².